The number of anilines is 1. The van der Waals surface area contributed by atoms with Crippen LogP contribution < -0.4 is 10.6 Å². The maximum Gasteiger partial charge on any atom is 0.322 e. The van der Waals surface area contributed by atoms with Crippen LogP contribution in [0.3, 0.4) is 0 Å². The smallest absolute Gasteiger partial charge is 0.322 e. The molecule has 0 atom stereocenters. The third-order valence-corrected chi connectivity index (χ3v) is 4.22. The summed E-state index contributed by atoms with van der Waals surface area (Å²) in [6, 6.07) is 6.38. The number of hydrogen-bond acceptors (Lipinski definition) is 6. The Labute approximate surface area is 154 Å². The second kappa shape index (κ2) is 8.99. The van der Waals surface area contributed by atoms with Gasteiger partial charge in [-0.25, -0.2) is 0 Å². The first-order valence-electron chi connectivity index (χ1n) is 7.79. The molecule has 0 unspecified atom stereocenters. The summed E-state index contributed by atoms with van der Waals surface area (Å²) in [5.74, 6) is -1.65. The van der Waals surface area contributed by atoms with Gasteiger partial charge in [0.25, 0.3) is 5.91 Å². The summed E-state index contributed by atoms with van der Waals surface area (Å²) in [5.41, 5.74) is 0.847. The third-order valence-electron chi connectivity index (χ3n) is 3.26. The van der Waals surface area contributed by atoms with Crippen molar-refractivity contribution >= 4 is 35.2 Å². The zero-order valence-electron chi connectivity index (χ0n) is 14.3. The fourth-order valence-electron chi connectivity index (χ4n) is 1.98. The highest BCUT2D eigenvalue weighted by atomic mass is 32.2. The van der Waals surface area contributed by atoms with Crippen molar-refractivity contribution in [2.24, 2.45) is 0 Å². The van der Waals surface area contributed by atoms with Crippen molar-refractivity contribution in [2.45, 2.75) is 25.0 Å². The van der Waals surface area contributed by atoms with Gasteiger partial charge in [0.1, 0.15) is 12.9 Å². The number of carboxylic acids is 1. The van der Waals surface area contributed by atoms with Gasteiger partial charge in [0.15, 0.2) is 5.16 Å². The molecule has 0 aliphatic heterocycles. The van der Waals surface area contributed by atoms with Crippen LogP contribution in [0.15, 0.2) is 35.7 Å². The van der Waals surface area contributed by atoms with E-state index in [9.17, 15) is 14.4 Å². The summed E-state index contributed by atoms with van der Waals surface area (Å²) < 4.78 is 1.88. The second-order valence-corrected chi connectivity index (χ2v) is 6.55. The van der Waals surface area contributed by atoms with Gasteiger partial charge in [-0.3, -0.25) is 14.4 Å². The predicted octanol–water partition coefficient (Wildman–Crippen LogP) is 1.40. The number of nitrogens with zero attached hydrogens (tertiary/aromatic N) is 3. The van der Waals surface area contributed by atoms with Gasteiger partial charge in [-0.05, 0) is 38.1 Å². The quantitative estimate of drug-likeness (QED) is 0.594. The van der Waals surface area contributed by atoms with Gasteiger partial charge < -0.3 is 20.3 Å². The molecule has 9 nitrogen and oxygen atoms in total. The summed E-state index contributed by atoms with van der Waals surface area (Å²) in [6.07, 6.45) is 1.62. The van der Waals surface area contributed by atoms with Crippen molar-refractivity contribution in [3.05, 3.63) is 36.2 Å². The van der Waals surface area contributed by atoms with Gasteiger partial charge in [0.05, 0.1) is 5.75 Å². The minimum atomic E-state index is -1.12. The van der Waals surface area contributed by atoms with Crippen molar-refractivity contribution in [1.29, 1.82) is 0 Å². The minimum Gasteiger partial charge on any atom is -0.480 e. The van der Waals surface area contributed by atoms with Crippen LogP contribution in [0.25, 0.3) is 0 Å². The summed E-state index contributed by atoms with van der Waals surface area (Å²) >= 11 is 1.28. The number of hydrogen-bond donors (Lipinski definition) is 3. The molecule has 1 aromatic carbocycles. The third kappa shape index (κ3) is 5.59. The summed E-state index contributed by atoms with van der Waals surface area (Å²) in [4.78, 5) is 34.2. The molecule has 2 aromatic rings. The van der Waals surface area contributed by atoms with Crippen molar-refractivity contribution < 1.29 is 19.5 Å². The summed E-state index contributed by atoms with van der Waals surface area (Å²) in [6.45, 7) is 3.55. The molecule has 3 N–H and O–H groups in total. The Hall–Kier alpha value is -2.88. The molecule has 0 aliphatic carbocycles. The van der Waals surface area contributed by atoms with E-state index in [-0.39, 0.29) is 17.7 Å². The highest BCUT2D eigenvalue weighted by Gasteiger charge is 2.11. The molecule has 138 valence electrons. The lowest BCUT2D eigenvalue weighted by Gasteiger charge is -2.09. The first-order valence-corrected chi connectivity index (χ1v) is 8.77. The van der Waals surface area contributed by atoms with Gasteiger partial charge >= 0.3 is 5.97 Å². The molecule has 0 bridgehead atoms. The maximum absolute atomic E-state index is 12.1. The van der Waals surface area contributed by atoms with Gasteiger partial charge in [-0.15, -0.1) is 10.2 Å². The largest absolute Gasteiger partial charge is 0.480 e. The molecule has 10 heteroatoms. The predicted molar refractivity (Wildman–Crippen MR) is 96.2 cm³/mol. The highest BCUT2D eigenvalue weighted by molar-refractivity contribution is 7.99. The molecule has 0 saturated carbocycles. The Morgan fingerprint density at radius 1 is 1.23 bits per heavy atom. The van der Waals surface area contributed by atoms with Crippen LogP contribution in [0.5, 0.6) is 0 Å². The van der Waals surface area contributed by atoms with Gasteiger partial charge in [-0.1, -0.05) is 11.8 Å². The van der Waals surface area contributed by atoms with Crippen LogP contribution in [0.1, 0.15) is 30.2 Å². The lowest BCUT2D eigenvalue weighted by Crippen LogP contribution is -2.29. The Kier molecular flexibility index (Phi) is 6.73. The Morgan fingerprint density at radius 2 is 1.92 bits per heavy atom. The number of rotatable bonds is 8. The lowest BCUT2D eigenvalue weighted by atomic mass is 10.2. The molecular formula is C16H19N5O4S. The number of carboxylic acid groups (broad SMARTS) is 1. The van der Waals surface area contributed by atoms with E-state index in [4.69, 9.17) is 5.11 Å². The normalized spacial score (nSPS) is 10.6. The standard InChI is InChI=1S/C16H19N5O4S/c1-10(2)21-9-18-20-16(21)26-8-13(22)19-12-5-3-11(4-6-12)15(25)17-7-14(23)24/h3-6,9-10H,7-8H2,1-2H3,(H,17,25)(H,19,22)(H,23,24). The Morgan fingerprint density at radius 3 is 2.54 bits per heavy atom. The minimum absolute atomic E-state index is 0.173. The number of aliphatic carboxylic acids is 1. The number of carbonyl (C=O) groups excluding carboxylic acids is 2. The number of aromatic nitrogens is 3. The van der Waals surface area contributed by atoms with E-state index in [0.717, 1.165) is 0 Å². The number of benzene rings is 1. The van der Waals surface area contributed by atoms with E-state index in [1.54, 1.807) is 18.5 Å². The number of amides is 2. The average molecular weight is 377 g/mol. The van der Waals surface area contributed by atoms with Crippen molar-refractivity contribution in [3.63, 3.8) is 0 Å². The molecule has 0 spiro atoms. The number of carbonyl (C=O) groups is 3. The van der Waals surface area contributed by atoms with Crippen molar-refractivity contribution in [2.75, 3.05) is 17.6 Å². The Balaban J connectivity index is 1.86. The molecule has 0 saturated heterocycles. The van der Waals surface area contributed by atoms with Crippen LogP contribution in [-0.2, 0) is 9.59 Å². The number of thioether (sulfide) groups is 1. The molecular weight excluding hydrogens is 358 g/mol. The number of nitrogens with one attached hydrogen (secondary N) is 2. The fourth-order valence-corrected chi connectivity index (χ4v) is 2.82. The molecule has 26 heavy (non-hydrogen) atoms. The SMILES string of the molecule is CC(C)n1cnnc1SCC(=O)Nc1ccc(C(=O)NCC(=O)O)cc1. The molecule has 2 rings (SSSR count). The molecule has 0 aliphatic rings. The zero-order chi connectivity index (χ0) is 19.1. The van der Waals surface area contributed by atoms with E-state index in [1.807, 2.05) is 18.4 Å². The maximum atomic E-state index is 12.1. The lowest BCUT2D eigenvalue weighted by molar-refractivity contribution is -0.135. The van der Waals surface area contributed by atoms with E-state index >= 15 is 0 Å². The Bertz CT molecular complexity index is 788. The van der Waals surface area contributed by atoms with Crippen LogP contribution in [-0.4, -0.2) is 50.0 Å². The van der Waals surface area contributed by atoms with Gasteiger partial charge in [0.2, 0.25) is 5.91 Å². The van der Waals surface area contributed by atoms with Crippen molar-refractivity contribution in [1.82, 2.24) is 20.1 Å². The van der Waals surface area contributed by atoms with Crippen LogP contribution in [0.4, 0.5) is 5.69 Å². The molecule has 2 amide bonds. The van der Waals surface area contributed by atoms with E-state index in [2.05, 4.69) is 20.8 Å². The molecule has 0 radical (unpaired) electrons. The van der Waals surface area contributed by atoms with E-state index < -0.39 is 18.4 Å². The average Bonchev–Trinajstić information content (AvgIpc) is 3.07. The molecule has 1 aromatic heterocycles. The van der Waals surface area contributed by atoms with E-state index in [0.29, 0.717) is 16.4 Å². The fraction of sp³-hybridized carbons (Fsp3) is 0.312. The second-order valence-electron chi connectivity index (χ2n) is 5.61. The van der Waals surface area contributed by atoms with Crippen LogP contribution in [0.2, 0.25) is 0 Å². The molecule has 0 fully saturated rings. The zero-order valence-corrected chi connectivity index (χ0v) is 15.1. The van der Waals surface area contributed by atoms with Crippen molar-refractivity contribution in [3.8, 4) is 0 Å². The van der Waals surface area contributed by atoms with Gasteiger partial charge in [0, 0.05) is 17.3 Å². The van der Waals surface area contributed by atoms with E-state index in [1.165, 1.54) is 23.9 Å². The first-order chi connectivity index (χ1) is 12.4. The summed E-state index contributed by atoms with van der Waals surface area (Å²) in [7, 11) is 0. The highest BCUT2D eigenvalue weighted by Crippen LogP contribution is 2.19. The molecule has 1 heterocycles. The topological polar surface area (TPSA) is 126 Å². The van der Waals surface area contributed by atoms with Crippen LogP contribution >= 0.6 is 11.8 Å². The first kappa shape index (κ1) is 19.4. The summed E-state index contributed by atoms with van der Waals surface area (Å²) in [5, 5.41) is 22.0. The van der Waals surface area contributed by atoms with Crippen LogP contribution in [0, 0.1) is 0 Å². The monoisotopic (exact) mass is 377 g/mol. The van der Waals surface area contributed by atoms with Gasteiger partial charge in [-0.2, -0.15) is 0 Å².